The topological polar surface area (TPSA) is 64.2 Å². The highest BCUT2D eigenvalue weighted by Gasteiger charge is 2.16. The molecular weight excluding hydrogens is 252 g/mol. The average molecular weight is 270 g/mol. The van der Waals surface area contributed by atoms with E-state index in [9.17, 15) is 0 Å². The molecule has 2 unspecified atom stereocenters. The molecular formula is C11H18N4S2. The van der Waals surface area contributed by atoms with Crippen LogP contribution in [0, 0.1) is 0 Å². The third kappa shape index (κ3) is 4.95. The molecule has 1 rings (SSSR count). The van der Waals surface area contributed by atoms with Gasteiger partial charge >= 0.3 is 0 Å². The van der Waals surface area contributed by atoms with Crippen LogP contribution in [0.25, 0.3) is 0 Å². The second-order valence-corrected chi connectivity index (χ2v) is 5.33. The van der Waals surface area contributed by atoms with Gasteiger partial charge in [0, 0.05) is 17.2 Å². The summed E-state index contributed by atoms with van der Waals surface area (Å²) >= 11 is 6.08. The summed E-state index contributed by atoms with van der Waals surface area (Å²) in [6.07, 6.45) is 3.79. The zero-order chi connectivity index (χ0) is 12.7. The minimum atomic E-state index is 0.119. The maximum Gasteiger partial charge on any atom is 0.189 e. The molecule has 0 aliphatic heterocycles. The van der Waals surface area contributed by atoms with E-state index in [-0.39, 0.29) is 11.3 Å². The van der Waals surface area contributed by atoms with E-state index < -0.39 is 0 Å². The molecule has 2 atom stereocenters. The highest BCUT2D eigenvalue weighted by atomic mass is 32.2. The smallest absolute Gasteiger partial charge is 0.189 e. The van der Waals surface area contributed by atoms with Gasteiger partial charge in [0.1, 0.15) is 5.82 Å². The summed E-state index contributed by atoms with van der Waals surface area (Å²) in [4.78, 5) is 12.4. The van der Waals surface area contributed by atoms with Crippen LogP contribution in [0.5, 0.6) is 0 Å². The van der Waals surface area contributed by atoms with Crippen molar-refractivity contribution in [3.05, 3.63) is 12.3 Å². The van der Waals surface area contributed by atoms with Crippen molar-refractivity contribution in [2.24, 2.45) is 4.99 Å². The first-order chi connectivity index (χ1) is 8.17. The summed E-state index contributed by atoms with van der Waals surface area (Å²) in [5, 5.41) is 0.918. The van der Waals surface area contributed by atoms with Crippen molar-refractivity contribution < 1.29 is 0 Å². The molecule has 0 fully saturated rings. The summed E-state index contributed by atoms with van der Waals surface area (Å²) in [5.74, 6) is 1.27. The van der Waals surface area contributed by atoms with Crippen molar-refractivity contribution in [2.75, 3.05) is 11.5 Å². The predicted molar refractivity (Wildman–Crippen MR) is 78.2 cm³/mol. The van der Waals surface area contributed by atoms with E-state index in [1.165, 1.54) is 11.8 Å². The van der Waals surface area contributed by atoms with Crippen LogP contribution in [0.15, 0.2) is 22.4 Å². The molecule has 1 aromatic heterocycles. The normalized spacial score (nSPS) is 14.2. The zero-order valence-electron chi connectivity index (χ0n) is 9.91. The molecule has 0 spiro atoms. The Morgan fingerprint density at radius 2 is 2.41 bits per heavy atom. The lowest BCUT2D eigenvalue weighted by Gasteiger charge is -2.17. The van der Waals surface area contributed by atoms with Gasteiger partial charge < -0.3 is 5.73 Å². The number of nitrogen functional groups attached to an aromatic ring is 1. The lowest BCUT2D eigenvalue weighted by molar-refractivity contribution is 0.647. The van der Waals surface area contributed by atoms with Gasteiger partial charge in [-0.1, -0.05) is 25.1 Å². The molecule has 0 aliphatic rings. The molecule has 0 saturated carbocycles. The van der Waals surface area contributed by atoms with Crippen LogP contribution < -0.4 is 5.73 Å². The van der Waals surface area contributed by atoms with Crippen molar-refractivity contribution in [2.45, 2.75) is 36.2 Å². The van der Waals surface area contributed by atoms with E-state index in [1.54, 1.807) is 12.3 Å². The third-order valence-corrected chi connectivity index (χ3v) is 3.87. The first kappa shape index (κ1) is 14.3. The number of thioether (sulfide) groups is 1. The van der Waals surface area contributed by atoms with Crippen LogP contribution in [0.1, 0.15) is 19.8 Å². The second kappa shape index (κ2) is 7.55. The Balaban J connectivity index is 2.50. The van der Waals surface area contributed by atoms with Crippen molar-refractivity contribution in [1.82, 2.24) is 9.97 Å². The number of hydrogen-bond acceptors (Lipinski definition) is 6. The number of thiol groups is 1. The van der Waals surface area contributed by atoms with Crippen molar-refractivity contribution in [3.8, 4) is 0 Å². The lowest BCUT2D eigenvalue weighted by Crippen LogP contribution is -2.21. The summed E-state index contributed by atoms with van der Waals surface area (Å²) in [7, 11) is 0. The molecule has 1 heterocycles. The van der Waals surface area contributed by atoms with Crippen LogP contribution >= 0.6 is 24.4 Å². The SMILES string of the molecule is C=NC(CSc1nccc(N)n1)C(S)CCC. The largest absolute Gasteiger partial charge is 0.384 e. The van der Waals surface area contributed by atoms with Crippen LogP contribution in [0.2, 0.25) is 0 Å². The first-order valence-corrected chi connectivity index (χ1v) is 7.02. The fourth-order valence-corrected chi connectivity index (χ4v) is 2.92. The Morgan fingerprint density at radius 1 is 1.65 bits per heavy atom. The Bertz CT molecular complexity index is 359. The molecule has 0 saturated heterocycles. The first-order valence-electron chi connectivity index (χ1n) is 5.52. The molecule has 17 heavy (non-hydrogen) atoms. The minimum Gasteiger partial charge on any atom is -0.384 e. The summed E-state index contributed by atoms with van der Waals surface area (Å²) in [5.41, 5.74) is 5.59. The van der Waals surface area contributed by atoms with Crippen LogP contribution in [-0.4, -0.2) is 33.7 Å². The second-order valence-electron chi connectivity index (χ2n) is 3.68. The predicted octanol–water partition coefficient (Wildman–Crippen LogP) is 2.32. The van der Waals surface area contributed by atoms with Gasteiger partial charge in [-0.15, -0.1) is 0 Å². The molecule has 2 N–H and O–H groups in total. The Kier molecular flexibility index (Phi) is 6.36. The van der Waals surface area contributed by atoms with Gasteiger partial charge in [0.2, 0.25) is 0 Å². The van der Waals surface area contributed by atoms with Crippen LogP contribution in [0.3, 0.4) is 0 Å². The van der Waals surface area contributed by atoms with E-state index in [0.717, 1.165) is 18.6 Å². The number of rotatable bonds is 7. The molecule has 94 valence electrons. The molecule has 4 nitrogen and oxygen atoms in total. The number of hydrogen-bond donors (Lipinski definition) is 2. The maximum atomic E-state index is 5.59. The van der Waals surface area contributed by atoms with E-state index >= 15 is 0 Å². The van der Waals surface area contributed by atoms with Crippen molar-refractivity contribution in [1.29, 1.82) is 0 Å². The number of nitrogens with zero attached hydrogens (tertiary/aromatic N) is 3. The third-order valence-electron chi connectivity index (χ3n) is 2.30. The van der Waals surface area contributed by atoms with Gasteiger partial charge in [0.05, 0.1) is 6.04 Å². The monoisotopic (exact) mass is 270 g/mol. The number of anilines is 1. The standard InChI is InChI=1S/C11H18N4S2/c1-3-4-9(16)8(13-2)7-17-11-14-6-5-10(12)15-11/h5-6,8-9,16H,2-4,7H2,1H3,(H2,12,14,15). The van der Waals surface area contributed by atoms with Crippen LogP contribution in [-0.2, 0) is 0 Å². The molecule has 0 aliphatic carbocycles. The average Bonchev–Trinajstić information content (AvgIpc) is 2.30. The molecule has 6 heteroatoms. The molecule has 0 radical (unpaired) electrons. The lowest BCUT2D eigenvalue weighted by atomic mass is 10.1. The highest BCUT2D eigenvalue weighted by Crippen LogP contribution is 2.21. The fraction of sp³-hybridized carbons (Fsp3) is 0.545. The summed E-state index contributed by atoms with van der Waals surface area (Å²) < 4.78 is 0. The van der Waals surface area contributed by atoms with E-state index in [1.807, 2.05) is 0 Å². The van der Waals surface area contributed by atoms with Gasteiger partial charge in [0.25, 0.3) is 0 Å². The summed E-state index contributed by atoms with van der Waals surface area (Å²) in [6, 6.07) is 1.79. The highest BCUT2D eigenvalue weighted by molar-refractivity contribution is 7.99. The maximum absolute atomic E-state index is 5.59. The van der Waals surface area contributed by atoms with Gasteiger partial charge in [-0.2, -0.15) is 12.6 Å². The Morgan fingerprint density at radius 3 is 3.00 bits per heavy atom. The van der Waals surface area contributed by atoms with Crippen molar-refractivity contribution >= 4 is 36.9 Å². The quantitative estimate of drug-likeness (QED) is 0.345. The number of aliphatic imine (C=N–C) groups is 1. The minimum absolute atomic E-state index is 0.119. The molecule has 0 aromatic carbocycles. The van der Waals surface area contributed by atoms with E-state index in [2.05, 4.69) is 41.2 Å². The molecule has 0 bridgehead atoms. The summed E-state index contributed by atoms with van der Waals surface area (Å²) in [6.45, 7) is 5.75. The Hall–Kier alpha value is -0.750. The fourth-order valence-electron chi connectivity index (χ4n) is 1.36. The van der Waals surface area contributed by atoms with Gasteiger partial charge in [-0.3, -0.25) is 4.99 Å². The molecule has 0 amide bonds. The molecule has 1 aromatic rings. The number of aromatic nitrogens is 2. The van der Waals surface area contributed by atoms with Crippen LogP contribution in [0.4, 0.5) is 5.82 Å². The van der Waals surface area contributed by atoms with Gasteiger partial charge in [-0.05, 0) is 19.2 Å². The van der Waals surface area contributed by atoms with E-state index in [4.69, 9.17) is 5.73 Å². The van der Waals surface area contributed by atoms with E-state index in [0.29, 0.717) is 11.0 Å². The van der Waals surface area contributed by atoms with Gasteiger partial charge in [-0.25, -0.2) is 9.97 Å². The van der Waals surface area contributed by atoms with Gasteiger partial charge in [0.15, 0.2) is 5.16 Å². The van der Waals surface area contributed by atoms with Crippen molar-refractivity contribution in [3.63, 3.8) is 0 Å². The Labute approximate surface area is 112 Å². The number of nitrogens with two attached hydrogens (primary N) is 1. The zero-order valence-corrected chi connectivity index (χ0v) is 11.6.